The molecule has 0 atom stereocenters. The topological polar surface area (TPSA) is 46.8 Å². The summed E-state index contributed by atoms with van der Waals surface area (Å²) in [6.45, 7) is 1.05. The number of ether oxygens (including phenoxy) is 1. The average Bonchev–Trinajstić information content (AvgIpc) is 3.28. The highest BCUT2D eigenvalue weighted by atomic mass is 32.2. The minimum Gasteiger partial charge on any atom is -0.487 e. The molecule has 2 aromatic carbocycles. The predicted molar refractivity (Wildman–Crippen MR) is 127 cm³/mol. The highest BCUT2D eigenvalue weighted by Gasteiger charge is 2.25. The van der Waals surface area contributed by atoms with Crippen LogP contribution in [0.2, 0.25) is 0 Å². The number of benzene rings is 2. The number of thioether (sulfide) groups is 1. The number of rotatable bonds is 6. The molecule has 4 aromatic rings. The molecular weight excluding hydrogens is 456 g/mol. The predicted octanol–water partition coefficient (Wildman–Crippen LogP) is 5.59. The van der Waals surface area contributed by atoms with Gasteiger partial charge in [-0.25, -0.2) is 13.8 Å². The lowest BCUT2D eigenvalue weighted by Gasteiger charge is -2.32. The Morgan fingerprint density at radius 3 is 2.59 bits per heavy atom. The molecule has 0 radical (unpaired) electrons. The highest BCUT2D eigenvalue weighted by molar-refractivity contribution is 7.98. The normalized spacial score (nSPS) is 14.5. The molecule has 0 bridgehead atoms. The van der Waals surface area contributed by atoms with Crippen LogP contribution in [0.25, 0.3) is 5.65 Å². The Hall–Kier alpha value is -3.39. The van der Waals surface area contributed by atoms with Crippen molar-refractivity contribution in [2.75, 3.05) is 13.1 Å². The fourth-order valence-electron chi connectivity index (χ4n) is 4.02. The summed E-state index contributed by atoms with van der Waals surface area (Å²) in [6, 6.07) is 16.8. The number of hydrogen-bond acceptors (Lipinski definition) is 4. The van der Waals surface area contributed by atoms with Crippen LogP contribution < -0.4 is 4.74 Å². The lowest BCUT2D eigenvalue weighted by Crippen LogP contribution is -2.41. The smallest absolute Gasteiger partial charge is 0.253 e. The molecule has 2 aromatic heterocycles. The summed E-state index contributed by atoms with van der Waals surface area (Å²) in [6.07, 6.45) is 4.98. The molecule has 34 heavy (non-hydrogen) atoms. The van der Waals surface area contributed by atoms with Gasteiger partial charge in [0, 0.05) is 60.6 Å². The maximum absolute atomic E-state index is 13.8. The number of likely N-dealkylation sites (tertiary alicyclic amines) is 1. The van der Waals surface area contributed by atoms with Gasteiger partial charge < -0.3 is 14.0 Å². The van der Waals surface area contributed by atoms with Gasteiger partial charge in [-0.15, -0.1) is 11.8 Å². The van der Waals surface area contributed by atoms with Gasteiger partial charge in [-0.2, -0.15) is 0 Å². The standard InChI is InChI=1S/C26H23F2N3O2S/c27-19-6-9-24(23(28)15-19)33-21-10-13-30(14-11-21)26(32)18-4-7-22(8-5-18)34-17-20-16-31-12-2-1-3-25(31)29-20/h1-9,12,15-16,21H,10-11,13-14,17H2. The maximum atomic E-state index is 13.8. The Balaban J connectivity index is 1.13. The van der Waals surface area contributed by atoms with Crippen LogP contribution in [0.15, 0.2) is 78.0 Å². The first-order chi connectivity index (χ1) is 16.5. The van der Waals surface area contributed by atoms with E-state index in [4.69, 9.17) is 4.74 Å². The van der Waals surface area contributed by atoms with Crippen LogP contribution in [0.3, 0.4) is 0 Å². The number of fused-ring (bicyclic) bond motifs is 1. The number of amides is 1. The summed E-state index contributed by atoms with van der Waals surface area (Å²) in [5.74, 6) is -0.578. The van der Waals surface area contributed by atoms with Gasteiger partial charge in [-0.1, -0.05) is 6.07 Å². The number of carbonyl (C=O) groups excluding carboxylic acids is 1. The van der Waals surface area contributed by atoms with E-state index >= 15 is 0 Å². The van der Waals surface area contributed by atoms with Crippen molar-refractivity contribution in [3.63, 3.8) is 0 Å². The fourth-order valence-corrected chi connectivity index (χ4v) is 4.80. The van der Waals surface area contributed by atoms with Gasteiger partial charge in [0.2, 0.25) is 0 Å². The molecule has 174 valence electrons. The molecular formula is C26H23F2N3O2S. The van der Waals surface area contributed by atoms with Crippen molar-refractivity contribution in [2.45, 2.75) is 29.6 Å². The van der Waals surface area contributed by atoms with Crippen molar-refractivity contribution < 1.29 is 18.3 Å². The van der Waals surface area contributed by atoms with E-state index in [1.807, 2.05) is 59.3 Å². The molecule has 1 amide bonds. The third kappa shape index (κ3) is 5.07. The van der Waals surface area contributed by atoms with Crippen LogP contribution in [0.4, 0.5) is 8.78 Å². The number of carbonyl (C=O) groups is 1. The molecule has 1 fully saturated rings. The molecule has 5 nitrogen and oxygen atoms in total. The molecule has 0 spiro atoms. The zero-order valence-corrected chi connectivity index (χ0v) is 19.2. The van der Waals surface area contributed by atoms with Crippen molar-refractivity contribution >= 4 is 23.3 Å². The van der Waals surface area contributed by atoms with Crippen LogP contribution in [-0.2, 0) is 5.75 Å². The summed E-state index contributed by atoms with van der Waals surface area (Å²) >= 11 is 1.68. The number of halogens is 2. The van der Waals surface area contributed by atoms with E-state index in [2.05, 4.69) is 4.98 Å². The fraction of sp³-hybridized carbons (Fsp3) is 0.231. The van der Waals surface area contributed by atoms with Crippen LogP contribution in [0.5, 0.6) is 5.75 Å². The number of hydrogen-bond donors (Lipinski definition) is 0. The number of nitrogens with zero attached hydrogens (tertiary/aromatic N) is 3. The molecule has 0 aliphatic carbocycles. The van der Waals surface area contributed by atoms with Gasteiger partial charge in [0.1, 0.15) is 17.6 Å². The number of piperidine rings is 1. The second-order valence-corrected chi connectivity index (χ2v) is 9.24. The van der Waals surface area contributed by atoms with Gasteiger partial charge in [0.05, 0.1) is 5.69 Å². The second-order valence-electron chi connectivity index (χ2n) is 8.20. The molecule has 3 heterocycles. The zero-order chi connectivity index (χ0) is 23.5. The molecule has 5 rings (SSSR count). The number of pyridine rings is 1. The Morgan fingerprint density at radius 2 is 1.85 bits per heavy atom. The van der Waals surface area contributed by atoms with Crippen LogP contribution in [0, 0.1) is 11.6 Å². The molecule has 1 saturated heterocycles. The van der Waals surface area contributed by atoms with Crippen molar-refractivity contribution in [1.29, 1.82) is 0 Å². The van der Waals surface area contributed by atoms with E-state index < -0.39 is 11.6 Å². The van der Waals surface area contributed by atoms with Gasteiger partial charge >= 0.3 is 0 Å². The lowest BCUT2D eigenvalue weighted by atomic mass is 10.1. The van der Waals surface area contributed by atoms with E-state index in [9.17, 15) is 13.6 Å². The Kier molecular flexibility index (Phi) is 6.49. The number of imidazole rings is 1. The third-order valence-electron chi connectivity index (χ3n) is 5.82. The first-order valence-corrected chi connectivity index (χ1v) is 12.1. The Labute approximate surface area is 200 Å². The summed E-state index contributed by atoms with van der Waals surface area (Å²) in [5.41, 5.74) is 2.57. The Morgan fingerprint density at radius 1 is 1.06 bits per heavy atom. The van der Waals surface area contributed by atoms with Crippen LogP contribution in [-0.4, -0.2) is 39.4 Å². The zero-order valence-electron chi connectivity index (χ0n) is 18.4. The SMILES string of the molecule is O=C(c1ccc(SCc2cn3ccccc3n2)cc1)N1CCC(Oc2ccc(F)cc2F)CC1. The largest absolute Gasteiger partial charge is 0.487 e. The molecule has 1 aliphatic rings. The van der Waals surface area contributed by atoms with Gasteiger partial charge in [0.25, 0.3) is 5.91 Å². The van der Waals surface area contributed by atoms with E-state index in [0.29, 0.717) is 31.5 Å². The van der Waals surface area contributed by atoms with Crippen molar-refractivity contribution in [2.24, 2.45) is 0 Å². The van der Waals surface area contributed by atoms with E-state index in [1.54, 1.807) is 16.7 Å². The highest BCUT2D eigenvalue weighted by Crippen LogP contribution is 2.25. The Bertz CT molecular complexity index is 1270. The summed E-state index contributed by atoms with van der Waals surface area (Å²) in [4.78, 5) is 20.4. The van der Waals surface area contributed by atoms with Crippen LogP contribution >= 0.6 is 11.8 Å². The van der Waals surface area contributed by atoms with E-state index in [-0.39, 0.29) is 17.8 Å². The average molecular weight is 480 g/mol. The minimum atomic E-state index is -0.711. The number of aromatic nitrogens is 2. The molecule has 0 N–H and O–H groups in total. The summed E-state index contributed by atoms with van der Waals surface area (Å²) in [7, 11) is 0. The first-order valence-electron chi connectivity index (χ1n) is 11.1. The van der Waals surface area contributed by atoms with Gasteiger partial charge in [-0.3, -0.25) is 4.79 Å². The van der Waals surface area contributed by atoms with Crippen molar-refractivity contribution in [1.82, 2.24) is 14.3 Å². The van der Waals surface area contributed by atoms with Crippen molar-refractivity contribution in [3.8, 4) is 5.75 Å². The molecule has 1 aliphatic heterocycles. The molecule has 0 unspecified atom stereocenters. The minimum absolute atomic E-state index is 0.0247. The summed E-state index contributed by atoms with van der Waals surface area (Å²) in [5, 5.41) is 0. The maximum Gasteiger partial charge on any atom is 0.253 e. The quantitative estimate of drug-likeness (QED) is 0.338. The second kappa shape index (κ2) is 9.85. The van der Waals surface area contributed by atoms with Crippen molar-refractivity contribution in [3.05, 3.63) is 95.9 Å². The third-order valence-corrected chi connectivity index (χ3v) is 6.86. The lowest BCUT2D eigenvalue weighted by molar-refractivity contribution is 0.0588. The monoisotopic (exact) mass is 479 g/mol. The van der Waals surface area contributed by atoms with E-state index in [1.165, 1.54) is 12.1 Å². The summed E-state index contributed by atoms with van der Waals surface area (Å²) < 4.78 is 34.6. The van der Waals surface area contributed by atoms with Crippen LogP contribution in [0.1, 0.15) is 28.9 Å². The van der Waals surface area contributed by atoms with Gasteiger partial charge in [0.15, 0.2) is 11.6 Å². The van der Waals surface area contributed by atoms with E-state index in [0.717, 1.165) is 28.1 Å². The van der Waals surface area contributed by atoms with Gasteiger partial charge in [-0.05, 0) is 48.5 Å². The molecule has 0 saturated carbocycles. The molecule has 8 heteroatoms. The first kappa shape index (κ1) is 22.4.